The van der Waals surface area contributed by atoms with E-state index in [9.17, 15) is 24.3 Å². The number of imidazole rings is 1. The summed E-state index contributed by atoms with van der Waals surface area (Å²) in [4.78, 5) is 56.2. The van der Waals surface area contributed by atoms with Crippen molar-refractivity contribution in [1.82, 2.24) is 31.2 Å². The summed E-state index contributed by atoms with van der Waals surface area (Å²) in [6, 6.07) is -3.31. The molecule has 6 N–H and O–H groups in total. The quantitative estimate of drug-likeness (QED) is 0.267. The number of rotatable bonds is 11. The Kier molecular flexibility index (Phi) is 8.98. The standard InChI is InChI=1S/C20H32N6O5/c1-4-11(2)16(20(30)31)26-19(29)15(8-13-9-21-10-23-13)25-17(27)12(3)24-18(28)14-6-5-7-22-14/h9-12,14-16,22H,4-8H2,1-3H3,(H,21,23)(H,24,28)(H,25,27)(H,26,29)(H,30,31). The van der Waals surface area contributed by atoms with E-state index < -0.39 is 35.9 Å². The summed E-state index contributed by atoms with van der Waals surface area (Å²) >= 11 is 0. The number of carboxylic acid groups (broad SMARTS) is 1. The Morgan fingerprint density at radius 2 is 1.94 bits per heavy atom. The maximum atomic E-state index is 12.9. The van der Waals surface area contributed by atoms with E-state index in [-0.39, 0.29) is 24.3 Å². The van der Waals surface area contributed by atoms with Gasteiger partial charge in [-0.05, 0) is 32.2 Å². The van der Waals surface area contributed by atoms with E-state index in [4.69, 9.17) is 0 Å². The van der Waals surface area contributed by atoms with Gasteiger partial charge in [0.1, 0.15) is 18.1 Å². The van der Waals surface area contributed by atoms with Crippen molar-refractivity contribution in [2.45, 2.75) is 70.6 Å². The van der Waals surface area contributed by atoms with Crippen molar-refractivity contribution in [3.63, 3.8) is 0 Å². The maximum absolute atomic E-state index is 12.9. The number of aliphatic carboxylic acids is 1. The fourth-order valence-electron chi connectivity index (χ4n) is 3.35. The van der Waals surface area contributed by atoms with E-state index in [1.807, 2.05) is 6.92 Å². The zero-order valence-corrected chi connectivity index (χ0v) is 18.1. The minimum Gasteiger partial charge on any atom is -0.480 e. The van der Waals surface area contributed by atoms with Gasteiger partial charge in [-0.2, -0.15) is 0 Å². The van der Waals surface area contributed by atoms with Gasteiger partial charge in [0.15, 0.2) is 0 Å². The van der Waals surface area contributed by atoms with Crippen LogP contribution in [0.25, 0.3) is 0 Å². The zero-order chi connectivity index (χ0) is 23.0. The first-order valence-electron chi connectivity index (χ1n) is 10.6. The lowest BCUT2D eigenvalue weighted by Gasteiger charge is -2.25. The molecule has 0 aliphatic carbocycles. The number of H-pyrrole nitrogens is 1. The van der Waals surface area contributed by atoms with Gasteiger partial charge >= 0.3 is 5.97 Å². The van der Waals surface area contributed by atoms with Crippen molar-refractivity contribution in [2.24, 2.45) is 5.92 Å². The topological polar surface area (TPSA) is 165 Å². The first-order valence-corrected chi connectivity index (χ1v) is 10.6. The minimum atomic E-state index is -1.14. The van der Waals surface area contributed by atoms with Gasteiger partial charge in [0.2, 0.25) is 17.7 Å². The van der Waals surface area contributed by atoms with Crippen molar-refractivity contribution in [3.05, 3.63) is 18.2 Å². The monoisotopic (exact) mass is 436 g/mol. The zero-order valence-electron chi connectivity index (χ0n) is 18.1. The highest BCUT2D eigenvalue weighted by Gasteiger charge is 2.31. The lowest BCUT2D eigenvalue weighted by atomic mass is 9.98. The van der Waals surface area contributed by atoms with Gasteiger partial charge in [-0.1, -0.05) is 20.3 Å². The van der Waals surface area contributed by atoms with Crippen LogP contribution >= 0.6 is 0 Å². The van der Waals surface area contributed by atoms with Gasteiger partial charge in [-0.3, -0.25) is 14.4 Å². The van der Waals surface area contributed by atoms with E-state index in [1.54, 1.807) is 6.92 Å². The second-order valence-corrected chi connectivity index (χ2v) is 7.93. The first-order chi connectivity index (χ1) is 14.7. The number of nitrogens with one attached hydrogen (secondary N) is 5. The van der Waals surface area contributed by atoms with E-state index in [1.165, 1.54) is 19.4 Å². The number of aromatic nitrogens is 2. The van der Waals surface area contributed by atoms with E-state index in [0.29, 0.717) is 18.5 Å². The molecule has 11 nitrogen and oxygen atoms in total. The van der Waals surface area contributed by atoms with Crippen molar-refractivity contribution < 1.29 is 24.3 Å². The van der Waals surface area contributed by atoms with Crippen LogP contribution in [0.2, 0.25) is 0 Å². The second-order valence-electron chi connectivity index (χ2n) is 7.93. The third-order valence-electron chi connectivity index (χ3n) is 5.52. The Hall–Kier alpha value is -2.95. The molecule has 1 aliphatic heterocycles. The molecule has 0 radical (unpaired) electrons. The number of aromatic amines is 1. The van der Waals surface area contributed by atoms with Gasteiger partial charge in [-0.25, -0.2) is 9.78 Å². The highest BCUT2D eigenvalue weighted by molar-refractivity contribution is 5.94. The van der Waals surface area contributed by atoms with Gasteiger partial charge < -0.3 is 31.4 Å². The Bertz CT molecular complexity index is 762. The SMILES string of the molecule is CCC(C)C(NC(=O)C(Cc1cnc[nH]1)NC(=O)C(C)NC(=O)C1CCCN1)C(=O)O. The van der Waals surface area contributed by atoms with Crippen LogP contribution in [-0.4, -0.2) is 69.5 Å². The van der Waals surface area contributed by atoms with Crippen molar-refractivity contribution in [3.8, 4) is 0 Å². The van der Waals surface area contributed by atoms with Crippen LogP contribution in [0, 0.1) is 5.92 Å². The average Bonchev–Trinajstić information content (AvgIpc) is 3.44. The molecule has 2 rings (SSSR count). The fraction of sp³-hybridized carbons (Fsp3) is 0.650. The molecular weight excluding hydrogens is 404 g/mol. The molecule has 0 aromatic carbocycles. The van der Waals surface area contributed by atoms with Gasteiger partial charge in [0.05, 0.1) is 12.4 Å². The summed E-state index contributed by atoms with van der Waals surface area (Å²) in [7, 11) is 0. The number of carbonyl (C=O) groups is 4. The highest BCUT2D eigenvalue weighted by Crippen LogP contribution is 2.09. The minimum absolute atomic E-state index is 0.0925. The summed E-state index contributed by atoms with van der Waals surface area (Å²) in [5.74, 6) is -2.86. The number of carbonyl (C=O) groups excluding carboxylic acids is 3. The molecule has 11 heteroatoms. The number of amides is 3. The summed E-state index contributed by atoms with van der Waals surface area (Å²) in [5, 5.41) is 20.3. The molecule has 0 spiro atoms. The van der Waals surface area contributed by atoms with Crippen LogP contribution in [0.5, 0.6) is 0 Å². The molecule has 31 heavy (non-hydrogen) atoms. The Labute approximate surface area is 181 Å². The van der Waals surface area contributed by atoms with E-state index in [0.717, 1.165) is 13.0 Å². The van der Waals surface area contributed by atoms with Gasteiger partial charge in [-0.15, -0.1) is 0 Å². The normalized spacial score (nSPS) is 19.6. The number of hydrogen-bond donors (Lipinski definition) is 6. The Morgan fingerprint density at radius 3 is 2.48 bits per heavy atom. The van der Waals surface area contributed by atoms with Crippen molar-refractivity contribution in [1.29, 1.82) is 0 Å². The largest absolute Gasteiger partial charge is 0.480 e. The molecule has 0 bridgehead atoms. The molecule has 172 valence electrons. The molecule has 1 aromatic rings. The molecule has 1 saturated heterocycles. The lowest BCUT2D eigenvalue weighted by molar-refractivity contribution is -0.143. The van der Waals surface area contributed by atoms with E-state index in [2.05, 4.69) is 31.2 Å². The molecule has 1 fully saturated rings. The maximum Gasteiger partial charge on any atom is 0.326 e. The molecule has 5 unspecified atom stereocenters. The molecule has 5 atom stereocenters. The van der Waals surface area contributed by atoms with Crippen LogP contribution in [-0.2, 0) is 25.6 Å². The Balaban J connectivity index is 2.05. The predicted molar refractivity (Wildman–Crippen MR) is 112 cm³/mol. The molecule has 0 saturated carbocycles. The average molecular weight is 437 g/mol. The van der Waals surface area contributed by atoms with Gasteiger partial charge in [0, 0.05) is 18.3 Å². The van der Waals surface area contributed by atoms with Crippen LogP contribution in [0.4, 0.5) is 0 Å². The molecule has 1 aromatic heterocycles. The van der Waals surface area contributed by atoms with Crippen LogP contribution in [0.3, 0.4) is 0 Å². The first kappa shape index (κ1) is 24.3. The molecule has 3 amide bonds. The fourth-order valence-corrected chi connectivity index (χ4v) is 3.35. The smallest absolute Gasteiger partial charge is 0.326 e. The third-order valence-corrected chi connectivity index (χ3v) is 5.52. The van der Waals surface area contributed by atoms with Crippen LogP contribution in [0.15, 0.2) is 12.5 Å². The van der Waals surface area contributed by atoms with Gasteiger partial charge in [0.25, 0.3) is 0 Å². The summed E-state index contributed by atoms with van der Waals surface area (Å²) in [6.07, 6.45) is 5.22. The predicted octanol–water partition coefficient (Wildman–Crippen LogP) is -0.691. The van der Waals surface area contributed by atoms with Crippen LogP contribution < -0.4 is 21.3 Å². The third kappa shape index (κ3) is 7.06. The molecule has 2 heterocycles. The summed E-state index contributed by atoms with van der Waals surface area (Å²) in [6.45, 7) is 5.86. The summed E-state index contributed by atoms with van der Waals surface area (Å²) < 4.78 is 0. The molecular formula is C20H32N6O5. The second kappa shape index (κ2) is 11.4. The summed E-state index contributed by atoms with van der Waals surface area (Å²) in [5.41, 5.74) is 0.600. The lowest BCUT2D eigenvalue weighted by Crippen LogP contribution is -2.57. The number of carboxylic acids is 1. The van der Waals surface area contributed by atoms with Crippen molar-refractivity contribution >= 4 is 23.7 Å². The van der Waals surface area contributed by atoms with Crippen LogP contribution in [0.1, 0.15) is 45.7 Å². The van der Waals surface area contributed by atoms with E-state index >= 15 is 0 Å². The van der Waals surface area contributed by atoms with Crippen molar-refractivity contribution in [2.75, 3.05) is 6.54 Å². The Morgan fingerprint density at radius 1 is 1.19 bits per heavy atom. The number of hydrogen-bond acceptors (Lipinski definition) is 6. The highest BCUT2D eigenvalue weighted by atomic mass is 16.4. The number of nitrogens with zero attached hydrogens (tertiary/aromatic N) is 1. The molecule has 1 aliphatic rings.